The second kappa shape index (κ2) is 7.96. The molecule has 0 aromatic heterocycles. The Morgan fingerprint density at radius 1 is 0.852 bits per heavy atom. The third-order valence-electron chi connectivity index (χ3n) is 4.72. The van der Waals surface area contributed by atoms with Crippen LogP contribution in [0.4, 0.5) is 4.79 Å². The monoisotopic (exact) mass is 359 g/mol. The van der Waals surface area contributed by atoms with Gasteiger partial charge in [-0.1, -0.05) is 66.7 Å². The number of fused-ring (bicyclic) bond motifs is 2. The van der Waals surface area contributed by atoms with Crippen molar-refractivity contribution in [3.63, 3.8) is 0 Å². The summed E-state index contributed by atoms with van der Waals surface area (Å²) < 4.78 is 11.5. The molecule has 1 N–H and O–H groups in total. The molecule has 0 radical (unpaired) electrons. The maximum absolute atomic E-state index is 12.1. The van der Waals surface area contributed by atoms with Crippen LogP contribution in [0.5, 0.6) is 11.5 Å². The predicted molar refractivity (Wildman–Crippen MR) is 104 cm³/mol. The molecule has 0 fully saturated rings. The summed E-state index contributed by atoms with van der Waals surface area (Å²) in [6, 6.07) is 25.8. The Hall–Kier alpha value is -3.27. The second-order valence-electron chi connectivity index (χ2n) is 6.49. The Balaban J connectivity index is 1.38. The number of rotatable bonds is 5. The molecular weight excluding hydrogens is 338 g/mol. The molecule has 0 aliphatic carbocycles. The van der Waals surface area contributed by atoms with E-state index in [0.29, 0.717) is 6.54 Å². The van der Waals surface area contributed by atoms with Gasteiger partial charge in [0.1, 0.15) is 18.1 Å². The van der Waals surface area contributed by atoms with E-state index in [2.05, 4.69) is 5.32 Å². The lowest BCUT2D eigenvalue weighted by Crippen LogP contribution is -2.28. The number of carbonyl (C=O) groups is 1. The van der Waals surface area contributed by atoms with Crippen molar-refractivity contribution in [2.45, 2.75) is 12.3 Å². The lowest BCUT2D eigenvalue weighted by molar-refractivity contribution is 0.141. The van der Waals surface area contributed by atoms with Crippen LogP contribution in [-0.2, 0) is 11.2 Å². The lowest BCUT2D eigenvalue weighted by atomic mass is 9.89. The predicted octanol–water partition coefficient (Wildman–Crippen LogP) is 4.89. The van der Waals surface area contributed by atoms with Crippen molar-refractivity contribution >= 4 is 6.09 Å². The van der Waals surface area contributed by atoms with E-state index in [-0.39, 0.29) is 12.5 Å². The lowest BCUT2D eigenvalue weighted by Gasteiger charge is -2.27. The number of alkyl carbamates (subject to hydrolysis) is 1. The van der Waals surface area contributed by atoms with Crippen molar-refractivity contribution in [2.24, 2.45) is 0 Å². The minimum atomic E-state index is -0.396. The molecule has 0 spiro atoms. The number of hydrogen-bond donors (Lipinski definition) is 1. The Kier molecular flexibility index (Phi) is 5.06. The van der Waals surface area contributed by atoms with Crippen molar-refractivity contribution in [1.29, 1.82) is 0 Å². The zero-order valence-electron chi connectivity index (χ0n) is 14.9. The van der Waals surface area contributed by atoms with E-state index in [4.69, 9.17) is 9.47 Å². The third-order valence-corrected chi connectivity index (χ3v) is 4.72. The van der Waals surface area contributed by atoms with E-state index < -0.39 is 6.09 Å². The second-order valence-corrected chi connectivity index (χ2v) is 6.49. The van der Waals surface area contributed by atoms with Crippen molar-refractivity contribution in [3.8, 4) is 11.5 Å². The maximum Gasteiger partial charge on any atom is 0.407 e. The first-order chi connectivity index (χ1) is 13.3. The Bertz CT molecular complexity index is 878. The van der Waals surface area contributed by atoms with Crippen LogP contribution in [0.25, 0.3) is 0 Å². The van der Waals surface area contributed by atoms with E-state index in [1.165, 1.54) is 5.56 Å². The van der Waals surface area contributed by atoms with Gasteiger partial charge in [-0.3, -0.25) is 0 Å². The molecule has 0 atom stereocenters. The van der Waals surface area contributed by atoms with Gasteiger partial charge < -0.3 is 14.8 Å². The minimum absolute atomic E-state index is 0.0361. The highest BCUT2D eigenvalue weighted by Crippen LogP contribution is 2.43. The molecule has 0 bridgehead atoms. The molecule has 4 nitrogen and oxygen atoms in total. The molecule has 0 unspecified atom stereocenters. The minimum Gasteiger partial charge on any atom is -0.457 e. The molecule has 0 saturated carbocycles. The molecule has 27 heavy (non-hydrogen) atoms. The molecule has 3 aromatic carbocycles. The standard InChI is InChI=1S/C23H21NO3/c25-23(24-15-14-17-8-2-1-3-9-17)26-16-20-18-10-4-6-12-21(18)27-22-13-7-5-11-19(20)22/h1-13,20H,14-16H2,(H,24,25). The smallest absolute Gasteiger partial charge is 0.407 e. The zero-order valence-corrected chi connectivity index (χ0v) is 14.9. The summed E-state index contributed by atoms with van der Waals surface area (Å²) in [6.45, 7) is 0.818. The number of benzene rings is 3. The molecule has 1 heterocycles. The Morgan fingerprint density at radius 3 is 2.11 bits per heavy atom. The molecule has 136 valence electrons. The van der Waals surface area contributed by atoms with Crippen molar-refractivity contribution < 1.29 is 14.3 Å². The fourth-order valence-electron chi connectivity index (χ4n) is 3.35. The topological polar surface area (TPSA) is 47.6 Å². The first-order valence-corrected chi connectivity index (χ1v) is 9.11. The van der Waals surface area contributed by atoms with Gasteiger partial charge in [0.25, 0.3) is 0 Å². The van der Waals surface area contributed by atoms with Gasteiger partial charge >= 0.3 is 6.09 Å². The van der Waals surface area contributed by atoms with Crippen molar-refractivity contribution in [2.75, 3.05) is 13.2 Å². The molecular formula is C23H21NO3. The van der Waals surface area contributed by atoms with E-state index in [9.17, 15) is 4.79 Å². The summed E-state index contributed by atoms with van der Waals surface area (Å²) in [5.74, 6) is 1.59. The number of amides is 1. The number of nitrogens with one attached hydrogen (secondary N) is 1. The number of ether oxygens (including phenoxy) is 2. The van der Waals surface area contributed by atoms with E-state index in [0.717, 1.165) is 29.0 Å². The van der Waals surface area contributed by atoms with Crippen LogP contribution in [0.3, 0.4) is 0 Å². The molecule has 0 saturated heterocycles. The fourth-order valence-corrected chi connectivity index (χ4v) is 3.35. The summed E-state index contributed by atoms with van der Waals surface area (Å²) in [7, 11) is 0. The van der Waals surface area contributed by atoms with E-state index in [1.54, 1.807) is 0 Å². The third kappa shape index (κ3) is 3.95. The molecule has 1 aliphatic heterocycles. The van der Waals surface area contributed by atoms with Crippen LogP contribution < -0.4 is 10.1 Å². The largest absolute Gasteiger partial charge is 0.457 e. The van der Waals surface area contributed by atoms with Crippen molar-refractivity contribution in [1.82, 2.24) is 5.32 Å². The normalized spacial score (nSPS) is 12.4. The van der Waals surface area contributed by atoms with Crippen LogP contribution in [-0.4, -0.2) is 19.2 Å². The van der Waals surface area contributed by atoms with Crippen LogP contribution >= 0.6 is 0 Å². The number of para-hydroxylation sites is 2. The average molecular weight is 359 g/mol. The van der Waals surface area contributed by atoms with Crippen LogP contribution in [0, 0.1) is 0 Å². The molecule has 1 amide bonds. The highest BCUT2D eigenvalue weighted by atomic mass is 16.5. The van der Waals surface area contributed by atoms with Gasteiger partial charge in [-0.25, -0.2) is 4.79 Å². The highest BCUT2D eigenvalue weighted by Gasteiger charge is 2.27. The average Bonchev–Trinajstić information content (AvgIpc) is 2.72. The van der Waals surface area contributed by atoms with E-state index in [1.807, 2.05) is 78.9 Å². The summed E-state index contributed by atoms with van der Waals surface area (Å²) in [5.41, 5.74) is 3.26. The Morgan fingerprint density at radius 2 is 1.44 bits per heavy atom. The summed E-state index contributed by atoms with van der Waals surface area (Å²) >= 11 is 0. The molecule has 4 rings (SSSR count). The zero-order chi connectivity index (χ0) is 18.5. The van der Waals surface area contributed by atoms with Gasteiger partial charge in [-0.2, -0.15) is 0 Å². The molecule has 1 aliphatic rings. The highest BCUT2D eigenvalue weighted by molar-refractivity contribution is 5.67. The summed E-state index contributed by atoms with van der Waals surface area (Å²) in [6.07, 6.45) is 0.381. The van der Waals surface area contributed by atoms with Gasteiger partial charge in [-0.15, -0.1) is 0 Å². The van der Waals surface area contributed by atoms with Crippen LogP contribution in [0.15, 0.2) is 78.9 Å². The first-order valence-electron chi connectivity index (χ1n) is 9.11. The number of hydrogen-bond acceptors (Lipinski definition) is 3. The Labute approximate surface area is 158 Å². The SMILES string of the molecule is O=C(NCCc1ccccc1)OCC1c2ccccc2Oc2ccccc21. The van der Waals surface area contributed by atoms with Gasteiger partial charge in [-0.05, 0) is 24.1 Å². The molecule has 4 heteroatoms. The molecule has 3 aromatic rings. The fraction of sp³-hybridized carbons (Fsp3) is 0.174. The maximum atomic E-state index is 12.1. The van der Waals surface area contributed by atoms with Crippen LogP contribution in [0.1, 0.15) is 22.6 Å². The van der Waals surface area contributed by atoms with Gasteiger partial charge in [0.05, 0.1) is 5.92 Å². The van der Waals surface area contributed by atoms with Crippen molar-refractivity contribution in [3.05, 3.63) is 95.6 Å². The summed E-state index contributed by atoms with van der Waals surface area (Å²) in [4.78, 5) is 12.1. The number of carbonyl (C=O) groups excluding carboxylic acids is 1. The first kappa shape index (κ1) is 17.2. The van der Waals surface area contributed by atoms with Gasteiger partial charge in [0, 0.05) is 17.7 Å². The van der Waals surface area contributed by atoms with Crippen LogP contribution in [0.2, 0.25) is 0 Å². The van der Waals surface area contributed by atoms with Gasteiger partial charge in [0.2, 0.25) is 0 Å². The van der Waals surface area contributed by atoms with Gasteiger partial charge in [0.15, 0.2) is 0 Å². The van der Waals surface area contributed by atoms with E-state index >= 15 is 0 Å². The quantitative estimate of drug-likeness (QED) is 0.705. The summed E-state index contributed by atoms with van der Waals surface area (Å²) in [5, 5.41) is 2.83.